The van der Waals surface area contributed by atoms with Crippen LogP contribution in [0.2, 0.25) is 5.15 Å². The van der Waals surface area contributed by atoms with E-state index in [1.165, 1.54) is 12.5 Å². The van der Waals surface area contributed by atoms with Crippen LogP contribution >= 0.6 is 11.6 Å². The second-order valence-electron chi connectivity index (χ2n) is 8.19. The summed E-state index contributed by atoms with van der Waals surface area (Å²) in [5, 5.41) is 0.215. The number of amides is 1. The van der Waals surface area contributed by atoms with Gasteiger partial charge in [-0.25, -0.2) is 9.78 Å². The van der Waals surface area contributed by atoms with Gasteiger partial charge in [-0.3, -0.25) is 9.78 Å². The van der Waals surface area contributed by atoms with Crippen LogP contribution < -0.4 is 10.5 Å². The number of carbonyl (C=O) groups is 1. The molecule has 1 saturated carbocycles. The summed E-state index contributed by atoms with van der Waals surface area (Å²) in [6, 6.07) is 1.87. The lowest BCUT2D eigenvalue weighted by Gasteiger charge is -2.35. The third kappa shape index (κ3) is 6.67. The van der Waals surface area contributed by atoms with E-state index in [-0.39, 0.29) is 28.4 Å². The first-order chi connectivity index (χ1) is 13.1. The molecule has 1 N–H and O–H groups in total. The molecule has 28 heavy (non-hydrogen) atoms. The van der Waals surface area contributed by atoms with Crippen LogP contribution in [0, 0.1) is 0 Å². The fraction of sp³-hybridized carbons (Fsp3) is 0.737. The van der Waals surface area contributed by atoms with Gasteiger partial charge in [0.1, 0.15) is 10.8 Å². The highest BCUT2D eigenvalue weighted by atomic mass is 35.5. The number of rotatable bonds is 2. The van der Waals surface area contributed by atoms with Gasteiger partial charge in [0.15, 0.2) is 0 Å². The number of morpholine rings is 1. The highest BCUT2D eigenvalue weighted by molar-refractivity contribution is 6.29. The van der Waals surface area contributed by atoms with E-state index in [0.29, 0.717) is 31.7 Å². The largest absolute Gasteiger partial charge is 0.444 e. The van der Waals surface area contributed by atoms with Crippen molar-refractivity contribution in [1.82, 2.24) is 14.9 Å². The molecule has 1 aromatic heterocycles. The van der Waals surface area contributed by atoms with Crippen LogP contribution in [-0.2, 0) is 9.47 Å². The van der Waals surface area contributed by atoms with Gasteiger partial charge in [-0.15, -0.1) is 0 Å². The Hall–Kier alpha value is -1.80. The number of hydrogen-bond donors (Lipinski definition) is 1. The topological polar surface area (TPSA) is 87.8 Å². The number of H-pyrrole nitrogens is 1. The van der Waals surface area contributed by atoms with Crippen LogP contribution in [0.15, 0.2) is 10.9 Å². The van der Waals surface area contributed by atoms with E-state index in [2.05, 4.69) is 9.97 Å². The van der Waals surface area contributed by atoms with E-state index in [9.17, 15) is 9.59 Å². The van der Waals surface area contributed by atoms with E-state index < -0.39 is 0 Å². The summed E-state index contributed by atoms with van der Waals surface area (Å²) in [6.45, 7) is 9.67. The van der Waals surface area contributed by atoms with E-state index in [1.807, 2.05) is 39.6 Å². The molecular formula is C19H31ClN4O4. The molecule has 3 rings (SSSR count). The van der Waals surface area contributed by atoms with Crippen LogP contribution in [0.5, 0.6) is 0 Å². The average molecular weight is 415 g/mol. The molecular weight excluding hydrogens is 384 g/mol. The van der Waals surface area contributed by atoms with Gasteiger partial charge in [0.05, 0.1) is 19.3 Å². The zero-order chi connectivity index (χ0) is 20.9. The summed E-state index contributed by atoms with van der Waals surface area (Å²) >= 11 is 5.73. The summed E-state index contributed by atoms with van der Waals surface area (Å²) in [4.78, 5) is 33.2. The van der Waals surface area contributed by atoms with Gasteiger partial charge in [-0.05, 0) is 47.0 Å². The van der Waals surface area contributed by atoms with Crippen molar-refractivity contribution >= 4 is 23.6 Å². The number of carbonyl (C=O) groups excluding carboxylic acids is 1. The fourth-order valence-electron chi connectivity index (χ4n) is 2.85. The Kier molecular flexibility index (Phi) is 7.71. The molecule has 1 aromatic rings. The number of anilines is 1. The maximum Gasteiger partial charge on any atom is 0.410 e. The van der Waals surface area contributed by atoms with Crippen molar-refractivity contribution in [1.29, 1.82) is 0 Å². The number of ether oxygens (including phenoxy) is 2. The fourth-order valence-corrected chi connectivity index (χ4v) is 3.03. The van der Waals surface area contributed by atoms with Gasteiger partial charge in [-0.2, -0.15) is 0 Å². The summed E-state index contributed by atoms with van der Waals surface area (Å²) in [5.74, 6) is 0.517. The Morgan fingerprint density at radius 2 is 2.11 bits per heavy atom. The zero-order valence-corrected chi connectivity index (χ0v) is 18.1. The molecule has 1 atom stereocenters. The average Bonchev–Trinajstić information content (AvgIpc) is 2.51. The number of halogens is 1. The molecule has 9 heteroatoms. The Morgan fingerprint density at radius 3 is 2.61 bits per heavy atom. The summed E-state index contributed by atoms with van der Waals surface area (Å²) in [6.07, 6.45) is 3.28. The van der Waals surface area contributed by atoms with Crippen LogP contribution in [-0.4, -0.2) is 65.5 Å². The molecule has 0 bridgehead atoms. The van der Waals surface area contributed by atoms with Crippen molar-refractivity contribution in [2.24, 2.45) is 0 Å². The van der Waals surface area contributed by atoms with E-state index >= 15 is 0 Å². The van der Waals surface area contributed by atoms with Gasteiger partial charge >= 0.3 is 6.09 Å². The van der Waals surface area contributed by atoms with Crippen molar-refractivity contribution in [2.75, 3.05) is 31.7 Å². The lowest BCUT2D eigenvalue weighted by molar-refractivity contribution is 0.0145. The summed E-state index contributed by atoms with van der Waals surface area (Å²) < 4.78 is 10.5. The van der Waals surface area contributed by atoms with Crippen molar-refractivity contribution in [3.8, 4) is 0 Å². The van der Waals surface area contributed by atoms with Gasteiger partial charge < -0.3 is 19.3 Å². The lowest BCUT2D eigenvalue weighted by atomic mass is 9.92. The van der Waals surface area contributed by atoms with Gasteiger partial charge in [0.2, 0.25) is 5.95 Å². The minimum atomic E-state index is -0.380. The second-order valence-corrected chi connectivity index (χ2v) is 8.57. The summed E-state index contributed by atoms with van der Waals surface area (Å²) in [7, 11) is 1.82. The smallest absolute Gasteiger partial charge is 0.410 e. The van der Waals surface area contributed by atoms with Crippen LogP contribution in [0.3, 0.4) is 0 Å². The Morgan fingerprint density at radius 1 is 1.43 bits per heavy atom. The monoisotopic (exact) mass is 414 g/mol. The quantitative estimate of drug-likeness (QED) is 0.748. The predicted octanol–water partition coefficient (Wildman–Crippen LogP) is 3.05. The van der Waals surface area contributed by atoms with Crippen LogP contribution in [0.25, 0.3) is 0 Å². The minimum absolute atomic E-state index is 0.195. The second kappa shape index (κ2) is 9.60. The number of nitrogens with zero attached hydrogens (tertiary/aromatic N) is 3. The van der Waals surface area contributed by atoms with E-state index in [0.717, 1.165) is 12.8 Å². The first-order valence-corrected chi connectivity index (χ1v) is 10.0. The number of aromatic nitrogens is 2. The molecule has 1 aliphatic carbocycles. The first kappa shape index (κ1) is 22.5. The molecule has 1 amide bonds. The molecule has 1 unspecified atom stereocenters. The van der Waals surface area contributed by atoms with Gasteiger partial charge in [0, 0.05) is 25.7 Å². The maximum absolute atomic E-state index is 11.5. The Balaban J connectivity index is 0.000000203. The molecule has 1 saturated heterocycles. The molecule has 158 valence electrons. The zero-order valence-electron chi connectivity index (χ0n) is 17.3. The van der Waals surface area contributed by atoms with Crippen molar-refractivity contribution in [3.05, 3.63) is 21.6 Å². The number of hydrogen-bond acceptors (Lipinski definition) is 6. The highest BCUT2D eigenvalue weighted by Gasteiger charge is 2.28. The van der Waals surface area contributed by atoms with Crippen molar-refractivity contribution in [3.63, 3.8) is 0 Å². The lowest BCUT2D eigenvalue weighted by Crippen LogP contribution is -2.45. The van der Waals surface area contributed by atoms with Crippen LogP contribution in [0.4, 0.5) is 10.7 Å². The molecule has 2 heterocycles. The predicted molar refractivity (Wildman–Crippen MR) is 109 cm³/mol. The van der Waals surface area contributed by atoms with E-state index in [1.54, 1.807) is 4.90 Å². The van der Waals surface area contributed by atoms with Gasteiger partial charge in [0.25, 0.3) is 5.56 Å². The summed E-state index contributed by atoms with van der Waals surface area (Å²) in [5.41, 5.74) is -0.613. The maximum atomic E-state index is 11.5. The van der Waals surface area contributed by atoms with Crippen molar-refractivity contribution in [2.45, 2.75) is 64.6 Å². The molecule has 8 nitrogen and oxygen atoms in total. The molecule has 0 aromatic carbocycles. The molecule has 1 aliphatic heterocycles. The minimum Gasteiger partial charge on any atom is -0.444 e. The SMILES string of the molecule is CC1COCCN1c1nc(Cl)cc(=O)[nH]1.CN(C(=O)OC(C)(C)C)C1CCC1. The third-order valence-electron chi connectivity index (χ3n) is 4.64. The number of aromatic amines is 1. The van der Waals surface area contributed by atoms with Crippen LogP contribution in [0.1, 0.15) is 47.0 Å². The first-order valence-electron chi connectivity index (χ1n) is 9.64. The molecule has 2 fully saturated rings. The van der Waals surface area contributed by atoms with Gasteiger partial charge in [-0.1, -0.05) is 11.6 Å². The van der Waals surface area contributed by atoms with Crippen molar-refractivity contribution < 1.29 is 14.3 Å². The highest BCUT2D eigenvalue weighted by Crippen LogP contribution is 2.24. The Bertz CT molecular complexity index is 715. The third-order valence-corrected chi connectivity index (χ3v) is 4.84. The Labute approximate surface area is 171 Å². The molecule has 0 spiro atoms. The molecule has 2 aliphatic rings. The normalized spacial score (nSPS) is 19.9. The number of nitrogens with one attached hydrogen (secondary N) is 1. The standard InChI is InChI=1S/C10H19NO2.C9H12ClN3O2/c1-10(2,3)13-9(12)11(4)8-6-5-7-8;1-6-5-15-3-2-13(6)9-11-7(10)4-8(14)12-9/h8H,5-7H2,1-4H3;4,6H,2-3,5H2,1H3,(H,11,12,14). The van der Waals surface area contributed by atoms with E-state index in [4.69, 9.17) is 21.1 Å². The molecule has 0 radical (unpaired) electrons.